The normalized spacial score (nSPS) is 12.7. The molecule has 0 fully saturated rings. The van der Waals surface area contributed by atoms with Gasteiger partial charge in [0.05, 0.1) is 6.61 Å². The topological polar surface area (TPSA) is 38.3 Å². The number of nitrogens with one attached hydrogen (secondary N) is 1. The number of amides is 1. The van der Waals surface area contributed by atoms with Crippen LogP contribution in [0.15, 0.2) is 0 Å². The Hall–Kier alpha value is -0.920. The van der Waals surface area contributed by atoms with E-state index in [1.165, 1.54) is 5.32 Å². The summed E-state index contributed by atoms with van der Waals surface area (Å²) >= 11 is 0. The summed E-state index contributed by atoms with van der Waals surface area (Å²) in [7, 11) is 0. The van der Waals surface area contributed by atoms with Crippen LogP contribution in [0.5, 0.6) is 0 Å². The van der Waals surface area contributed by atoms with Crippen LogP contribution in [-0.4, -0.2) is 37.8 Å². The molecule has 0 aromatic carbocycles. The molecule has 15 heavy (non-hydrogen) atoms. The Bertz CT molecular complexity index is 216. The zero-order valence-electron chi connectivity index (χ0n) is 7.83. The molecule has 1 amide bonds. The van der Waals surface area contributed by atoms with Gasteiger partial charge in [-0.05, 0) is 6.92 Å². The van der Waals surface area contributed by atoms with E-state index in [1.54, 1.807) is 6.92 Å². The van der Waals surface area contributed by atoms with E-state index in [-0.39, 0.29) is 13.2 Å². The Morgan fingerprint density at radius 2 is 1.80 bits per heavy atom. The van der Waals surface area contributed by atoms with E-state index in [0.29, 0.717) is 0 Å². The van der Waals surface area contributed by atoms with Crippen molar-refractivity contribution < 1.29 is 31.5 Å². The molecule has 1 N–H and O–H groups in total. The van der Waals surface area contributed by atoms with Crippen molar-refractivity contribution in [2.45, 2.75) is 19.0 Å². The van der Waals surface area contributed by atoms with Crippen LogP contribution in [0, 0.1) is 0 Å². The van der Waals surface area contributed by atoms with E-state index >= 15 is 0 Å². The van der Waals surface area contributed by atoms with Crippen LogP contribution in [0.4, 0.5) is 22.0 Å². The van der Waals surface area contributed by atoms with Gasteiger partial charge in [-0.1, -0.05) is 0 Å². The molecule has 90 valence electrons. The van der Waals surface area contributed by atoms with Gasteiger partial charge >= 0.3 is 12.1 Å². The predicted molar refractivity (Wildman–Crippen MR) is 40.5 cm³/mol. The average molecular weight is 235 g/mol. The van der Waals surface area contributed by atoms with E-state index < -0.39 is 24.6 Å². The lowest BCUT2D eigenvalue weighted by atomic mass is 10.3. The van der Waals surface area contributed by atoms with Gasteiger partial charge < -0.3 is 10.1 Å². The predicted octanol–water partition coefficient (Wildman–Crippen LogP) is 1.34. The molecule has 0 aliphatic heterocycles. The molecular formula is C7H10F5NO2. The Labute approximate surface area is 82.6 Å². The third kappa shape index (κ3) is 3.98. The van der Waals surface area contributed by atoms with Crippen LogP contribution < -0.4 is 5.32 Å². The first kappa shape index (κ1) is 14.1. The maximum absolute atomic E-state index is 12.3. The fourth-order valence-electron chi connectivity index (χ4n) is 0.621. The molecule has 8 heteroatoms. The molecule has 0 unspecified atom stereocenters. The van der Waals surface area contributed by atoms with Crippen LogP contribution in [0.3, 0.4) is 0 Å². The Balaban J connectivity index is 4.10. The van der Waals surface area contributed by atoms with Gasteiger partial charge in [-0.3, -0.25) is 4.79 Å². The minimum absolute atomic E-state index is 0.115. The molecule has 0 bridgehead atoms. The van der Waals surface area contributed by atoms with E-state index in [9.17, 15) is 26.7 Å². The Kier molecular flexibility index (Phi) is 4.92. The van der Waals surface area contributed by atoms with Crippen molar-refractivity contribution in [1.29, 1.82) is 0 Å². The molecule has 0 rings (SSSR count). The van der Waals surface area contributed by atoms with Crippen LogP contribution in [0.2, 0.25) is 0 Å². The van der Waals surface area contributed by atoms with Gasteiger partial charge in [0.2, 0.25) is 0 Å². The van der Waals surface area contributed by atoms with Crippen LogP contribution in [0.1, 0.15) is 6.92 Å². The van der Waals surface area contributed by atoms with Crippen LogP contribution in [-0.2, 0) is 9.53 Å². The molecule has 0 aliphatic rings. The molecule has 0 saturated carbocycles. The highest BCUT2D eigenvalue weighted by Gasteiger charge is 2.63. The average Bonchev–Trinajstić information content (AvgIpc) is 2.10. The molecule has 0 saturated heterocycles. The first-order valence-corrected chi connectivity index (χ1v) is 4.04. The Morgan fingerprint density at radius 3 is 2.20 bits per heavy atom. The SMILES string of the molecule is CCOCCNC(=O)C(F)(F)C(F)(F)F. The van der Waals surface area contributed by atoms with Crippen molar-refractivity contribution in [3.05, 3.63) is 0 Å². The van der Waals surface area contributed by atoms with Gasteiger partial charge in [0.1, 0.15) is 0 Å². The Morgan fingerprint density at radius 1 is 1.27 bits per heavy atom. The molecular weight excluding hydrogens is 225 g/mol. The number of hydrogen-bond donors (Lipinski definition) is 1. The standard InChI is InChI=1S/C7H10F5NO2/c1-2-15-4-3-13-5(14)6(8,9)7(10,11)12/h2-4H2,1H3,(H,13,14). The number of carbonyl (C=O) groups is 1. The number of alkyl halides is 5. The van der Waals surface area contributed by atoms with Gasteiger partial charge in [-0.25, -0.2) is 0 Å². The second kappa shape index (κ2) is 5.24. The summed E-state index contributed by atoms with van der Waals surface area (Å²) in [6.45, 7) is 1.40. The zero-order chi connectivity index (χ0) is 12.1. The lowest BCUT2D eigenvalue weighted by Crippen LogP contribution is -2.51. The number of carbonyl (C=O) groups excluding carboxylic acids is 1. The summed E-state index contributed by atoms with van der Waals surface area (Å²) in [5, 5.41) is 1.43. The summed E-state index contributed by atoms with van der Waals surface area (Å²) in [6.07, 6.45) is -5.87. The molecule has 0 aromatic heterocycles. The van der Waals surface area contributed by atoms with E-state index in [2.05, 4.69) is 4.74 Å². The third-order valence-electron chi connectivity index (χ3n) is 1.38. The van der Waals surface area contributed by atoms with Gasteiger partial charge in [0.25, 0.3) is 5.91 Å². The van der Waals surface area contributed by atoms with Crippen molar-refractivity contribution in [1.82, 2.24) is 5.32 Å². The first-order chi connectivity index (χ1) is 6.73. The van der Waals surface area contributed by atoms with Crippen LogP contribution in [0.25, 0.3) is 0 Å². The lowest BCUT2D eigenvalue weighted by molar-refractivity contribution is -0.269. The molecule has 0 heterocycles. The van der Waals surface area contributed by atoms with Crippen molar-refractivity contribution in [3.8, 4) is 0 Å². The summed E-state index contributed by atoms with van der Waals surface area (Å²) < 4.78 is 64.0. The zero-order valence-corrected chi connectivity index (χ0v) is 7.83. The molecule has 3 nitrogen and oxygen atoms in total. The quantitative estimate of drug-likeness (QED) is 0.576. The van der Waals surface area contributed by atoms with E-state index in [0.717, 1.165) is 0 Å². The fraction of sp³-hybridized carbons (Fsp3) is 0.857. The van der Waals surface area contributed by atoms with Crippen molar-refractivity contribution in [2.24, 2.45) is 0 Å². The van der Waals surface area contributed by atoms with Gasteiger partial charge in [-0.2, -0.15) is 22.0 Å². The second-order valence-electron chi connectivity index (χ2n) is 2.52. The molecule has 0 spiro atoms. The number of ether oxygens (including phenoxy) is 1. The minimum atomic E-state index is -5.87. The summed E-state index contributed by atoms with van der Waals surface area (Å²) in [6, 6.07) is 0. The van der Waals surface area contributed by atoms with Gasteiger partial charge in [0.15, 0.2) is 0 Å². The number of hydrogen-bond acceptors (Lipinski definition) is 2. The van der Waals surface area contributed by atoms with Gasteiger partial charge in [0, 0.05) is 13.2 Å². The second-order valence-corrected chi connectivity index (χ2v) is 2.52. The van der Waals surface area contributed by atoms with E-state index in [4.69, 9.17) is 0 Å². The summed E-state index contributed by atoms with van der Waals surface area (Å²) in [5.41, 5.74) is 0. The highest BCUT2D eigenvalue weighted by atomic mass is 19.4. The number of rotatable bonds is 5. The van der Waals surface area contributed by atoms with Gasteiger partial charge in [-0.15, -0.1) is 0 Å². The minimum Gasteiger partial charge on any atom is -0.380 e. The van der Waals surface area contributed by atoms with E-state index in [1.807, 2.05) is 0 Å². The third-order valence-corrected chi connectivity index (χ3v) is 1.38. The molecule has 0 radical (unpaired) electrons. The molecule has 0 aromatic rings. The maximum atomic E-state index is 12.3. The lowest BCUT2D eigenvalue weighted by Gasteiger charge is -2.18. The van der Waals surface area contributed by atoms with Crippen molar-refractivity contribution in [3.63, 3.8) is 0 Å². The smallest absolute Gasteiger partial charge is 0.380 e. The first-order valence-electron chi connectivity index (χ1n) is 4.04. The summed E-state index contributed by atoms with van der Waals surface area (Å²) in [5.74, 6) is -7.73. The largest absolute Gasteiger partial charge is 0.463 e. The van der Waals surface area contributed by atoms with Crippen molar-refractivity contribution >= 4 is 5.91 Å². The summed E-state index contributed by atoms with van der Waals surface area (Å²) in [4.78, 5) is 10.4. The van der Waals surface area contributed by atoms with Crippen molar-refractivity contribution in [2.75, 3.05) is 19.8 Å². The monoisotopic (exact) mass is 235 g/mol. The molecule has 0 aliphatic carbocycles. The highest BCUT2D eigenvalue weighted by Crippen LogP contribution is 2.35. The maximum Gasteiger partial charge on any atom is 0.463 e. The van der Waals surface area contributed by atoms with Crippen LogP contribution >= 0.6 is 0 Å². The number of halogens is 5. The highest BCUT2D eigenvalue weighted by molar-refractivity contribution is 5.84. The fourth-order valence-corrected chi connectivity index (χ4v) is 0.621. The molecule has 0 atom stereocenters.